The highest BCUT2D eigenvalue weighted by Crippen LogP contribution is 2.20. The lowest BCUT2D eigenvalue weighted by Crippen LogP contribution is -2.41. The van der Waals surface area contributed by atoms with E-state index in [-0.39, 0.29) is 11.9 Å². The molecule has 0 bridgehead atoms. The molecule has 0 aromatic carbocycles. The van der Waals surface area contributed by atoms with Crippen LogP contribution in [-0.2, 0) is 9.53 Å². The summed E-state index contributed by atoms with van der Waals surface area (Å²) in [7, 11) is 0. The average molecular weight is 186 g/mol. The van der Waals surface area contributed by atoms with E-state index in [1.165, 1.54) is 0 Å². The molecule has 0 aromatic heterocycles. The van der Waals surface area contributed by atoms with Crippen LogP contribution in [0.1, 0.15) is 20.3 Å². The number of rotatable bonds is 2. The Labute approximate surface area is 78.8 Å². The van der Waals surface area contributed by atoms with Crippen molar-refractivity contribution in [2.24, 2.45) is 17.6 Å². The lowest BCUT2D eigenvalue weighted by molar-refractivity contribution is -0.155. The largest absolute Gasteiger partial charge is 0.447 e. The van der Waals surface area contributed by atoms with Gasteiger partial charge < -0.3 is 10.1 Å². The van der Waals surface area contributed by atoms with Gasteiger partial charge in [-0.25, -0.2) is 0 Å². The first-order valence-electron chi connectivity index (χ1n) is 4.78. The molecule has 1 rings (SSSR count). The molecule has 4 nitrogen and oxygen atoms in total. The molecule has 0 aliphatic carbocycles. The molecular weight excluding hydrogens is 168 g/mol. The fraction of sp³-hybridized carbons (Fsp3) is 0.889. The monoisotopic (exact) mass is 186 g/mol. The van der Waals surface area contributed by atoms with E-state index in [1.54, 1.807) is 6.92 Å². The van der Waals surface area contributed by atoms with Crippen molar-refractivity contribution in [2.45, 2.75) is 26.5 Å². The van der Waals surface area contributed by atoms with Crippen molar-refractivity contribution in [3.05, 3.63) is 0 Å². The van der Waals surface area contributed by atoms with Crippen LogP contribution in [0.2, 0.25) is 0 Å². The van der Waals surface area contributed by atoms with E-state index in [0.29, 0.717) is 5.92 Å². The summed E-state index contributed by atoms with van der Waals surface area (Å²) in [5.41, 5.74) is 5.39. The first kappa shape index (κ1) is 10.5. The van der Waals surface area contributed by atoms with Gasteiger partial charge in [-0.3, -0.25) is 10.5 Å². The topological polar surface area (TPSA) is 64.3 Å². The first-order valence-corrected chi connectivity index (χ1v) is 4.78. The second kappa shape index (κ2) is 4.58. The van der Waals surface area contributed by atoms with Crippen molar-refractivity contribution in [3.63, 3.8) is 0 Å². The molecule has 13 heavy (non-hydrogen) atoms. The molecule has 4 heteroatoms. The van der Waals surface area contributed by atoms with Crippen LogP contribution in [0.5, 0.6) is 0 Å². The highest BCUT2D eigenvalue weighted by atomic mass is 16.6. The number of esters is 1. The highest BCUT2D eigenvalue weighted by Gasteiger charge is 2.29. The Bertz CT molecular complexity index is 182. The van der Waals surface area contributed by atoms with E-state index < -0.39 is 6.23 Å². The molecule has 1 heterocycles. The molecule has 1 fully saturated rings. The number of nitrogens with two attached hydrogens (primary N) is 1. The maximum atomic E-state index is 11.5. The van der Waals surface area contributed by atoms with E-state index in [0.717, 1.165) is 19.5 Å². The predicted octanol–water partition coefficient (Wildman–Crippen LogP) is 0.0799. The van der Waals surface area contributed by atoms with Crippen LogP contribution in [0.4, 0.5) is 0 Å². The maximum absolute atomic E-state index is 11.5. The van der Waals surface area contributed by atoms with Crippen LogP contribution >= 0.6 is 0 Å². The summed E-state index contributed by atoms with van der Waals surface area (Å²) in [6.45, 7) is 5.50. The minimum atomic E-state index is -0.491. The summed E-state index contributed by atoms with van der Waals surface area (Å²) in [6, 6.07) is 0. The van der Waals surface area contributed by atoms with E-state index in [9.17, 15) is 4.79 Å². The Kier molecular flexibility index (Phi) is 3.69. The highest BCUT2D eigenvalue weighted by molar-refractivity contribution is 5.73. The first-order chi connectivity index (χ1) is 6.11. The third-order valence-electron chi connectivity index (χ3n) is 2.39. The maximum Gasteiger partial charge on any atom is 0.310 e. The van der Waals surface area contributed by atoms with Crippen LogP contribution in [0, 0.1) is 11.8 Å². The molecule has 3 unspecified atom stereocenters. The van der Waals surface area contributed by atoms with Gasteiger partial charge in [0.15, 0.2) is 0 Å². The molecule has 1 saturated heterocycles. The number of hydrogen-bond acceptors (Lipinski definition) is 4. The van der Waals surface area contributed by atoms with Gasteiger partial charge in [-0.2, -0.15) is 0 Å². The fourth-order valence-electron chi connectivity index (χ4n) is 1.63. The second-order valence-corrected chi connectivity index (χ2v) is 3.72. The number of nitrogens with one attached hydrogen (secondary N) is 1. The van der Waals surface area contributed by atoms with Gasteiger partial charge in [0.05, 0.1) is 5.92 Å². The fourth-order valence-corrected chi connectivity index (χ4v) is 1.63. The standard InChI is InChI=1S/C9H18N2O2/c1-6-5-11-4-3-8(6)9(12)13-7(2)10/h6-8,11H,3-5,10H2,1-2H3. The van der Waals surface area contributed by atoms with Gasteiger partial charge in [0.1, 0.15) is 6.23 Å². The molecule has 0 spiro atoms. The minimum absolute atomic E-state index is 0.0206. The van der Waals surface area contributed by atoms with Gasteiger partial charge >= 0.3 is 5.97 Å². The van der Waals surface area contributed by atoms with Crippen LogP contribution < -0.4 is 11.1 Å². The summed E-state index contributed by atoms with van der Waals surface area (Å²) in [6.07, 6.45) is 0.363. The van der Waals surface area contributed by atoms with Gasteiger partial charge in [-0.1, -0.05) is 6.92 Å². The molecular formula is C9H18N2O2. The number of hydrogen-bond donors (Lipinski definition) is 2. The van der Waals surface area contributed by atoms with Gasteiger partial charge in [-0.05, 0) is 32.4 Å². The molecule has 0 saturated carbocycles. The summed E-state index contributed by atoms with van der Waals surface area (Å²) in [5.74, 6) is 0.219. The third-order valence-corrected chi connectivity index (χ3v) is 2.39. The molecule has 1 aliphatic rings. The smallest absolute Gasteiger partial charge is 0.310 e. The van der Waals surface area contributed by atoms with Crippen LogP contribution in [-0.4, -0.2) is 25.3 Å². The molecule has 1 aliphatic heterocycles. The van der Waals surface area contributed by atoms with Gasteiger partial charge in [0.25, 0.3) is 0 Å². The Morgan fingerprint density at radius 2 is 2.38 bits per heavy atom. The molecule has 0 amide bonds. The molecule has 76 valence electrons. The Balaban J connectivity index is 2.44. The molecule has 0 radical (unpaired) electrons. The van der Waals surface area contributed by atoms with Crippen LogP contribution in [0.3, 0.4) is 0 Å². The Morgan fingerprint density at radius 3 is 2.92 bits per heavy atom. The van der Waals surface area contributed by atoms with E-state index >= 15 is 0 Å². The summed E-state index contributed by atoms with van der Waals surface area (Å²) >= 11 is 0. The summed E-state index contributed by atoms with van der Waals surface area (Å²) < 4.78 is 4.97. The van der Waals surface area contributed by atoms with Crippen molar-refractivity contribution in [3.8, 4) is 0 Å². The summed E-state index contributed by atoms with van der Waals surface area (Å²) in [5, 5.41) is 3.23. The number of carbonyl (C=O) groups excluding carboxylic acids is 1. The Hall–Kier alpha value is -0.610. The normalized spacial score (nSPS) is 31.0. The quantitative estimate of drug-likeness (QED) is 0.473. The van der Waals surface area contributed by atoms with Crippen molar-refractivity contribution in [1.82, 2.24) is 5.32 Å². The lowest BCUT2D eigenvalue weighted by atomic mass is 9.88. The van der Waals surface area contributed by atoms with Gasteiger partial charge in [0.2, 0.25) is 0 Å². The van der Waals surface area contributed by atoms with Crippen molar-refractivity contribution >= 4 is 5.97 Å². The molecule has 3 atom stereocenters. The SMILES string of the molecule is CC(N)OC(=O)C1CCNCC1C. The second-order valence-electron chi connectivity index (χ2n) is 3.72. The minimum Gasteiger partial charge on any atom is -0.447 e. The van der Waals surface area contributed by atoms with E-state index in [4.69, 9.17) is 10.5 Å². The van der Waals surface area contributed by atoms with Gasteiger partial charge in [0, 0.05) is 0 Å². The zero-order valence-corrected chi connectivity index (χ0v) is 8.25. The zero-order chi connectivity index (χ0) is 9.84. The molecule has 0 aromatic rings. The van der Waals surface area contributed by atoms with Gasteiger partial charge in [-0.15, -0.1) is 0 Å². The van der Waals surface area contributed by atoms with E-state index in [1.807, 2.05) is 0 Å². The number of ether oxygens (including phenoxy) is 1. The third kappa shape index (κ3) is 2.97. The number of carbonyl (C=O) groups is 1. The van der Waals surface area contributed by atoms with Crippen LogP contribution in [0.15, 0.2) is 0 Å². The zero-order valence-electron chi connectivity index (χ0n) is 8.25. The average Bonchev–Trinajstić information content (AvgIpc) is 2.03. The van der Waals surface area contributed by atoms with Crippen LogP contribution in [0.25, 0.3) is 0 Å². The summed E-state index contributed by atoms with van der Waals surface area (Å²) in [4.78, 5) is 11.5. The predicted molar refractivity (Wildman–Crippen MR) is 49.9 cm³/mol. The molecule has 3 N–H and O–H groups in total. The van der Waals surface area contributed by atoms with Crippen molar-refractivity contribution < 1.29 is 9.53 Å². The van der Waals surface area contributed by atoms with Crippen molar-refractivity contribution in [1.29, 1.82) is 0 Å². The number of piperidine rings is 1. The Morgan fingerprint density at radius 1 is 1.69 bits per heavy atom. The lowest BCUT2D eigenvalue weighted by Gasteiger charge is -2.28. The van der Waals surface area contributed by atoms with E-state index in [2.05, 4.69) is 12.2 Å². The van der Waals surface area contributed by atoms with Crippen molar-refractivity contribution in [2.75, 3.05) is 13.1 Å².